The average Bonchev–Trinajstić information content (AvgIpc) is 3.12. The van der Waals surface area contributed by atoms with Gasteiger partial charge in [-0.25, -0.2) is 14.7 Å². The van der Waals surface area contributed by atoms with E-state index < -0.39 is 23.7 Å². The van der Waals surface area contributed by atoms with E-state index in [9.17, 15) is 14.4 Å². The Morgan fingerprint density at radius 1 is 1.12 bits per heavy atom. The van der Waals surface area contributed by atoms with Gasteiger partial charge in [-0.3, -0.25) is 19.6 Å². The van der Waals surface area contributed by atoms with Crippen LogP contribution in [0.1, 0.15) is 36.8 Å². The highest BCUT2D eigenvalue weighted by Gasteiger charge is 2.21. The van der Waals surface area contributed by atoms with Gasteiger partial charge in [-0.1, -0.05) is 30.3 Å². The largest absolute Gasteiger partial charge is 0.444 e. The molecule has 0 atom stereocenters. The molecule has 0 bridgehead atoms. The van der Waals surface area contributed by atoms with E-state index in [4.69, 9.17) is 14.3 Å². The van der Waals surface area contributed by atoms with Gasteiger partial charge in [0.2, 0.25) is 0 Å². The van der Waals surface area contributed by atoms with E-state index >= 15 is 0 Å². The monoisotopic (exact) mass is 447 g/mol. The molecule has 0 spiro atoms. The molecule has 0 aliphatic rings. The molecule has 0 aliphatic carbocycles. The highest BCUT2D eigenvalue weighted by Crippen LogP contribution is 2.13. The number of ether oxygens (including phenoxy) is 2. The van der Waals surface area contributed by atoms with Gasteiger partial charge in [-0.15, -0.1) is 0 Å². The predicted octanol–water partition coefficient (Wildman–Crippen LogP) is 2.79. The van der Waals surface area contributed by atoms with Crippen molar-refractivity contribution in [3.05, 3.63) is 47.7 Å². The number of nitrogens with one attached hydrogen (secondary N) is 2. The van der Waals surface area contributed by atoms with Crippen LogP contribution in [0.5, 0.6) is 0 Å². The van der Waals surface area contributed by atoms with Crippen LogP contribution in [-0.2, 0) is 27.5 Å². The number of carbonyl (C=O) groups is 3. The van der Waals surface area contributed by atoms with Crippen LogP contribution in [0.4, 0.5) is 15.4 Å². The van der Waals surface area contributed by atoms with Gasteiger partial charge in [0.1, 0.15) is 17.9 Å². The molecular formula is C21H29N5O6. The first kappa shape index (κ1) is 24.7. The zero-order valence-electron chi connectivity index (χ0n) is 18.9. The van der Waals surface area contributed by atoms with Crippen LogP contribution in [0.25, 0.3) is 0 Å². The van der Waals surface area contributed by atoms with E-state index in [0.717, 1.165) is 10.6 Å². The minimum Gasteiger partial charge on any atom is -0.444 e. The first-order valence-corrected chi connectivity index (χ1v) is 9.93. The third-order valence-corrected chi connectivity index (χ3v) is 3.99. The van der Waals surface area contributed by atoms with Crippen molar-refractivity contribution in [1.82, 2.24) is 20.2 Å². The smallest absolute Gasteiger partial charge is 0.413 e. The molecular weight excluding hydrogens is 418 g/mol. The lowest BCUT2D eigenvalue weighted by molar-refractivity contribution is -0.0763. The van der Waals surface area contributed by atoms with Crippen LogP contribution >= 0.6 is 0 Å². The van der Waals surface area contributed by atoms with Crippen LogP contribution < -0.4 is 10.6 Å². The van der Waals surface area contributed by atoms with E-state index in [1.807, 2.05) is 30.3 Å². The van der Waals surface area contributed by atoms with Gasteiger partial charge in [0.25, 0.3) is 5.91 Å². The average molecular weight is 447 g/mol. The molecule has 174 valence electrons. The fourth-order valence-electron chi connectivity index (χ4n) is 2.51. The lowest BCUT2D eigenvalue weighted by atomic mass is 10.2. The molecule has 0 radical (unpaired) electrons. The fraction of sp³-hybridized carbons (Fsp3) is 0.429. The highest BCUT2D eigenvalue weighted by molar-refractivity contribution is 5.93. The molecule has 1 heterocycles. The van der Waals surface area contributed by atoms with Crippen LogP contribution in [0.3, 0.4) is 0 Å². The van der Waals surface area contributed by atoms with E-state index in [-0.39, 0.29) is 31.2 Å². The lowest BCUT2D eigenvalue weighted by Gasteiger charge is -2.19. The summed E-state index contributed by atoms with van der Waals surface area (Å²) in [7, 11) is 2.79. The van der Waals surface area contributed by atoms with Crippen molar-refractivity contribution in [3.63, 3.8) is 0 Å². The summed E-state index contributed by atoms with van der Waals surface area (Å²) in [4.78, 5) is 41.5. The van der Waals surface area contributed by atoms with Crippen LogP contribution in [0.2, 0.25) is 0 Å². The van der Waals surface area contributed by atoms with Crippen LogP contribution in [0, 0.1) is 0 Å². The van der Waals surface area contributed by atoms with Gasteiger partial charge in [-0.05, 0) is 26.3 Å². The number of aromatic nitrogens is 2. The molecule has 1 aromatic heterocycles. The standard InChI is InChI=1S/C21H29N5O6/c1-21(2,3)32-19(28)22-11-12-26-16(18(27)25(4)30-5)13-17(24-26)23-20(29)31-14-15-9-7-6-8-10-15/h6-10,13H,11-12,14H2,1-5H3,(H,22,28)(H,23,24,29). The summed E-state index contributed by atoms with van der Waals surface area (Å²) in [6.45, 7) is 5.65. The molecule has 11 heteroatoms. The van der Waals surface area contributed by atoms with Crippen LogP contribution in [-0.4, -0.2) is 59.2 Å². The predicted molar refractivity (Wildman–Crippen MR) is 116 cm³/mol. The number of benzene rings is 1. The van der Waals surface area contributed by atoms with Crippen molar-refractivity contribution < 1.29 is 28.7 Å². The van der Waals surface area contributed by atoms with Crippen LogP contribution in [0.15, 0.2) is 36.4 Å². The highest BCUT2D eigenvalue weighted by atomic mass is 16.7. The van der Waals surface area contributed by atoms with Crippen molar-refractivity contribution >= 4 is 23.9 Å². The summed E-state index contributed by atoms with van der Waals surface area (Å²) in [5.74, 6) is -0.365. The molecule has 3 amide bonds. The van der Waals surface area contributed by atoms with Crippen molar-refractivity contribution in [3.8, 4) is 0 Å². The third-order valence-electron chi connectivity index (χ3n) is 3.99. The maximum Gasteiger partial charge on any atom is 0.413 e. The zero-order valence-corrected chi connectivity index (χ0v) is 18.9. The SMILES string of the molecule is CON(C)C(=O)c1cc(NC(=O)OCc2ccccc2)nn1CCNC(=O)OC(C)(C)C. The van der Waals surface area contributed by atoms with E-state index in [1.54, 1.807) is 20.8 Å². The van der Waals surface area contributed by atoms with E-state index in [2.05, 4.69) is 15.7 Å². The van der Waals surface area contributed by atoms with Gasteiger partial charge >= 0.3 is 12.2 Å². The topological polar surface area (TPSA) is 124 Å². The Morgan fingerprint density at radius 3 is 2.44 bits per heavy atom. The van der Waals surface area contributed by atoms with Crippen molar-refractivity contribution in [2.45, 2.75) is 39.5 Å². The number of rotatable bonds is 8. The summed E-state index contributed by atoms with van der Waals surface area (Å²) in [5, 5.41) is 10.3. The molecule has 32 heavy (non-hydrogen) atoms. The number of hydrogen-bond acceptors (Lipinski definition) is 7. The number of amides is 3. The second-order valence-corrected chi connectivity index (χ2v) is 7.74. The van der Waals surface area contributed by atoms with Crippen molar-refractivity contribution in [2.24, 2.45) is 0 Å². The Morgan fingerprint density at radius 2 is 1.81 bits per heavy atom. The quantitative estimate of drug-likeness (QED) is 0.596. The molecule has 11 nitrogen and oxygen atoms in total. The summed E-state index contributed by atoms with van der Waals surface area (Å²) in [6.07, 6.45) is -1.31. The number of hydroxylamine groups is 2. The molecule has 2 N–H and O–H groups in total. The summed E-state index contributed by atoms with van der Waals surface area (Å²) >= 11 is 0. The maximum absolute atomic E-state index is 12.6. The Labute approximate surface area is 186 Å². The van der Waals surface area contributed by atoms with Gasteiger partial charge in [0, 0.05) is 19.7 Å². The Kier molecular flexibility index (Phi) is 8.59. The first-order chi connectivity index (χ1) is 15.1. The van der Waals surface area contributed by atoms with E-state index in [1.165, 1.54) is 24.9 Å². The minimum atomic E-state index is -0.718. The molecule has 2 rings (SSSR count). The Bertz CT molecular complexity index is 923. The van der Waals surface area contributed by atoms with Crippen molar-refractivity contribution in [2.75, 3.05) is 26.0 Å². The molecule has 1 aromatic carbocycles. The zero-order chi connectivity index (χ0) is 23.7. The van der Waals surface area contributed by atoms with Gasteiger partial charge in [0.05, 0.1) is 13.7 Å². The normalized spacial score (nSPS) is 10.9. The fourth-order valence-corrected chi connectivity index (χ4v) is 2.51. The number of carbonyl (C=O) groups excluding carboxylic acids is 3. The Hall–Kier alpha value is -3.60. The maximum atomic E-state index is 12.6. The van der Waals surface area contributed by atoms with Gasteiger partial charge < -0.3 is 14.8 Å². The summed E-state index contributed by atoms with van der Waals surface area (Å²) in [5.41, 5.74) is 0.354. The number of nitrogens with zero attached hydrogens (tertiary/aromatic N) is 3. The van der Waals surface area contributed by atoms with Crippen molar-refractivity contribution in [1.29, 1.82) is 0 Å². The second-order valence-electron chi connectivity index (χ2n) is 7.74. The lowest BCUT2D eigenvalue weighted by Crippen LogP contribution is -2.35. The first-order valence-electron chi connectivity index (χ1n) is 9.93. The second kappa shape index (κ2) is 11.1. The molecule has 0 aliphatic heterocycles. The minimum absolute atomic E-state index is 0.0887. The molecule has 0 fully saturated rings. The molecule has 0 unspecified atom stereocenters. The number of alkyl carbamates (subject to hydrolysis) is 1. The molecule has 0 saturated heterocycles. The molecule has 2 aromatic rings. The van der Waals surface area contributed by atoms with Gasteiger partial charge in [0.15, 0.2) is 5.82 Å². The summed E-state index contributed by atoms with van der Waals surface area (Å²) in [6, 6.07) is 10.6. The number of hydrogen-bond donors (Lipinski definition) is 2. The Balaban J connectivity index is 2.03. The molecule has 0 saturated carbocycles. The number of anilines is 1. The van der Waals surface area contributed by atoms with Gasteiger partial charge in [-0.2, -0.15) is 5.10 Å². The van der Waals surface area contributed by atoms with E-state index in [0.29, 0.717) is 0 Å². The summed E-state index contributed by atoms with van der Waals surface area (Å²) < 4.78 is 11.7. The third kappa shape index (κ3) is 7.91.